The molecule has 0 fully saturated rings. The zero-order valence-corrected chi connectivity index (χ0v) is 6.67. The third-order valence-electron chi connectivity index (χ3n) is 0.899. The van der Waals surface area contributed by atoms with Gasteiger partial charge in [0, 0.05) is 0 Å². The van der Waals surface area contributed by atoms with Gasteiger partial charge in [0.15, 0.2) is 0 Å². The molecule has 0 heteroatoms. The Morgan fingerprint density at radius 3 is 2.10 bits per heavy atom. The van der Waals surface area contributed by atoms with Crippen molar-refractivity contribution in [3.63, 3.8) is 0 Å². The maximum absolute atomic E-state index is 3.56. The van der Waals surface area contributed by atoms with Gasteiger partial charge >= 0.3 is 0 Å². The summed E-state index contributed by atoms with van der Waals surface area (Å²) in [4.78, 5) is 0. The average Bonchev–Trinajstić information content (AvgIpc) is 1.87. The molecule has 0 aromatic carbocycles. The molecule has 0 radical (unpaired) electrons. The summed E-state index contributed by atoms with van der Waals surface area (Å²) < 4.78 is 0. The molecule has 54 valence electrons. The topological polar surface area (TPSA) is 0 Å². The van der Waals surface area contributed by atoms with Gasteiger partial charge in [-0.05, 0) is 13.8 Å². The normalized spacial score (nSPS) is 10.6. The van der Waals surface area contributed by atoms with E-state index in [0.29, 0.717) is 0 Å². The van der Waals surface area contributed by atoms with Crippen molar-refractivity contribution >= 4 is 0 Å². The Kier molecular flexibility index (Phi) is 5.45. The van der Waals surface area contributed by atoms with Crippen LogP contribution in [-0.2, 0) is 0 Å². The zero-order valence-electron chi connectivity index (χ0n) is 6.67. The summed E-state index contributed by atoms with van der Waals surface area (Å²) >= 11 is 0. The van der Waals surface area contributed by atoms with Crippen molar-refractivity contribution in [1.29, 1.82) is 0 Å². The maximum atomic E-state index is 3.56. The van der Waals surface area contributed by atoms with Crippen LogP contribution in [0.25, 0.3) is 0 Å². The van der Waals surface area contributed by atoms with Gasteiger partial charge in [0.2, 0.25) is 0 Å². The molecule has 0 spiro atoms. The quantitative estimate of drug-likeness (QED) is 0.520. The first-order valence-corrected chi connectivity index (χ1v) is 3.36. The van der Waals surface area contributed by atoms with Crippen molar-refractivity contribution in [1.82, 2.24) is 0 Å². The lowest BCUT2D eigenvalue weighted by atomic mass is 10.3. The van der Waals surface area contributed by atoms with Crippen LogP contribution < -0.4 is 0 Å². The molecule has 0 aromatic heterocycles. The third kappa shape index (κ3) is 6.96. The van der Waals surface area contributed by atoms with Gasteiger partial charge in [-0.2, -0.15) is 0 Å². The summed E-state index contributed by atoms with van der Waals surface area (Å²) in [6.07, 6.45) is 11.7. The van der Waals surface area contributed by atoms with Crippen LogP contribution in [0.15, 0.2) is 48.6 Å². The Hall–Kier alpha value is -1.04. The lowest BCUT2D eigenvalue weighted by Gasteiger charge is -1.79. The third-order valence-corrected chi connectivity index (χ3v) is 0.899. The van der Waals surface area contributed by atoms with E-state index >= 15 is 0 Å². The predicted octanol–water partition coefficient (Wildman–Crippen LogP) is 3.25. The maximum Gasteiger partial charge on any atom is -0.0439 e. The monoisotopic (exact) mass is 134 g/mol. The van der Waals surface area contributed by atoms with Crippen molar-refractivity contribution < 1.29 is 0 Å². The fourth-order valence-corrected chi connectivity index (χ4v) is 0.455. The molecule has 0 aliphatic heterocycles. The molecule has 0 unspecified atom stereocenters. The first-order chi connectivity index (χ1) is 4.77. The highest BCUT2D eigenvalue weighted by Gasteiger charge is 1.67. The lowest BCUT2D eigenvalue weighted by Crippen LogP contribution is -1.57. The summed E-state index contributed by atoms with van der Waals surface area (Å²) in [6, 6.07) is 0. The van der Waals surface area contributed by atoms with Gasteiger partial charge in [0.1, 0.15) is 0 Å². The molecular weight excluding hydrogens is 120 g/mol. The molecule has 0 nitrogen and oxygen atoms in total. The van der Waals surface area contributed by atoms with Crippen LogP contribution in [0.3, 0.4) is 0 Å². The van der Waals surface area contributed by atoms with Crippen LogP contribution in [0, 0.1) is 0 Å². The summed E-state index contributed by atoms with van der Waals surface area (Å²) in [5.41, 5.74) is 1.31. The van der Waals surface area contributed by atoms with Crippen molar-refractivity contribution in [2.45, 2.75) is 13.8 Å². The Bertz CT molecular complexity index is 164. The van der Waals surface area contributed by atoms with Crippen LogP contribution >= 0.6 is 0 Å². The van der Waals surface area contributed by atoms with E-state index in [9.17, 15) is 0 Å². The molecule has 0 aromatic rings. The second-order valence-corrected chi connectivity index (χ2v) is 2.25. The Labute approximate surface area is 63.3 Å². The number of rotatable bonds is 3. The minimum atomic E-state index is 1.31. The highest BCUT2D eigenvalue weighted by Crippen LogP contribution is 1.88. The highest BCUT2D eigenvalue weighted by atomic mass is 13.7. The molecule has 0 rings (SSSR count). The minimum absolute atomic E-state index is 1.31. The molecule has 0 bridgehead atoms. The van der Waals surface area contributed by atoms with Gasteiger partial charge < -0.3 is 0 Å². The van der Waals surface area contributed by atoms with Crippen molar-refractivity contribution in [2.24, 2.45) is 0 Å². The van der Waals surface area contributed by atoms with Gasteiger partial charge in [-0.25, -0.2) is 0 Å². The molecule has 0 aliphatic rings. The molecule has 0 saturated carbocycles. The fourth-order valence-electron chi connectivity index (χ4n) is 0.455. The van der Waals surface area contributed by atoms with Crippen LogP contribution in [-0.4, -0.2) is 0 Å². The Morgan fingerprint density at radius 2 is 1.60 bits per heavy atom. The standard InChI is InChI=1S/C10H14/c1-4-5-6-7-8-9-10(2)3/h4-9H,1H2,2-3H3. The van der Waals surface area contributed by atoms with Gasteiger partial charge in [0.05, 0.1) is 0 Å². The second-order valence-electron chi connectivity index (χ2n) is 2.25. The molecule has 0 heterocycles. The van der Waals surface area contributed by atoms with Gasteiger partial charge in [-0.1, -0.05) is 48.6 Å². The van der Waals surface area contributed by atoms with Crippen LogP contribution in [0.2, 0.25) is 0 Å². The van der Waals surface area contributed by atoms with Crippen molar-refractivity contribution in [3.05, 3.63) is 48.6 Å². The van der Waals surface area contributed by atoms with E-state index in [2.05, 4.69) is 26.5 Å². The van der Waals surface area contributed by atoms with E-state index in [1.54, 1.807) is 6.08 Å². The van der Waals surface area contributed by atoms with Crippen molar-refractivity contribution in [2.75, 3.05) is 0 Å². The van der Waals surface area contributed by atoms with Crippen LogP contribution in [0.1, 0.15) is 13.8 Å². The van der Waals surface area contributed by atoms with Crippen LogP contribution in [0.4, 0.5) is 0 Å². The van der Waals surface area contributed by atoms with Gasteiger partial charge in [-0.3, -0.25) is 0 Å². The predicted molar refractivity (Wildman–Crippen MR) is 47.9 cm³/mol. The molecule has 0 amide bonds. The van der Waals surface area contributed by atoms with E-state index in [0.717, 1.165) is 0 Å². The zero-order chi connectivity index (χ0) is 7.82. The summed E-state index contributed by atoms with van der Waals surface area (Å²) in [7, 11) is 0. The molecule has 0 N–H and O–H groups in total. The smallest absolute Gasteiger partial charge is 0.0439 e. The lowest BCUT2D eigenvalue weighted by molar-refractivity contribution is 1.39. The number of hydrogen-bond acceptors (Lipinski definition) is 0. The van der Waals surface area contributed by atoms with E-state index in [-0.39, 0.29) is 0 Å². The van der Waals surface area contributed by atoms with E-state index in [1.807, 2.05) is 24.3 Å². The van der Waals surface area contributed by atoms with Gasteiger partial charge in [-0.15, -0.1) is 0 Å². The number of allylic oxidation sites excluding steroid dienone is 7. The number of hydrogen-bond donors (Lipinski definition) is 0. The van der Waals surface area contributed by atoms with Gasteiger partial charge in [0.25, 0.3) is 0 Å². The molecule has 0 saturated heterocycles. The highest BCUT2D eigenvalue weighted by molar-refractivity contribution is 5.16. The Morgan fingerprint density at radius 1 is 1.00 bits per heavy atom. The van der Waals surface area contributed by atoms with Crippen molar-refractivity contribution in [3.8, 4) is 0 Å². The van der Waals surface area contributed by atoms with E-state index in [4.69, 9.17) is 0 Å². The minimum Gasteiger partial charge on any atom is -0.0991 e. The Balaban J connectivity index is 3.67. The van der Waals surface area contributed by atoms with Crippen LogP contribution in [0.5, 0.6) is 0 Å². The molecular formula is C10H14. The summed E-state index contributed by atoms with van der Waals surface area (Å²) in [5, 5.41) is 0. The first kappa shape index (κ1) is 8.96. The molecule has 0 aliphatic carbocycles. The summed E-state index contributed by atoms with van der Waals surface area (Å²) in [5.74, 6) is 0. The first-order valence-electron chi connectivity index (χ1n) is 3.36. The second kappa shape index (κ2) is 6.09. The average molecular weight is 134 g/mol. The summed E-state index contributed by atoms with van der Waals surface area (Å²) in [6.45, 7) is 7.70. The van der Waals surface area contributed by atoms with E-state index < -0.39 is 0 Å². The largest absolute Gasteiger partial charge is 0.0991 e. The van der Waals surface area contributed by atoms with E-state index in [1.165, 1.54) is 5.57 Å². The fraction of sp³-hybridized carbons (Fsp3) is 0.200. The molecule has 0 atom stereocenters. The molecule has 10 heavy (non-hydrogen) atoms. The SMILES string of the molecule is C=CC=CC=CC=C(C)C.